The van der Waals surface area contributed by atoms with E-state index in [1.54, 1.807) is 0 Å². The third-order valence-electron chi connectivity index (χ3n) is 4.71. The first-order valence-electron chi connectivity index (χ1n) is 9.02. The first kappa shape index (κ1) is 17.9. The predicted molar refractivity (Wildman–Crippen MR) is 107 cm³/mol. The maximum Gasteiger partial charge on any atom is 0.227 e. The van der Waals surface area contributed by atoms with Gasteiger partial charge < -0.3 is 10.2 Å². The highest BCUT2D eigenvalue weighted by Gasteiger charge is 2.18. The van der Waals surface area contributed by atoms with Gasteiger partial charge in [0, 0.05) is 36.8 Å². The highest BCUT2D eigenvalue weighted by molar-refractivity contribution is 7.99. The average molecular weight is 355 g/mol. The molecule has 1 N–H and O–H groups in total. The summed E-state index contributed by atoms with van der Waals surface area (Å²) < 4.78 is 0. The van der Waals surface area contributed by atoms with Gasteiger partial charge in [0.05, 0.1) is 5.92 Å². The molecule has 4 heteroatoms. The molecule has 1 amide bonds. The van der Waals surface area contributed by atoms with E-state index in [0.29, 0.717) is 6.54 Å². The minimum atomic E-state index is -0.0775. The summed E-state index contributed by atoms with van der Waals surface area (Å²) in [7, 11) is 0. The Morgan fingerprint density at radius 2 is 1.76 bits per heavy atom. The van der Waals surface area contributed by atoms with Crippen LogP contribution in [0.25, 0.3) is 0 Å². The average Bonchev–Trinajstić information content (AvgIpc) is 2.69. The first-order chi connectivity index (χ1) is 12.3. The molecule has 0 aromatic heterocycles. The molecule has 0 spiro atoms. The number of hydrogen-bond donors (Lipinski definition) is 1. The van der Waals surface area contributed by atoms with Gasteiger partial charge in [0.2, 0.25) is 5.91 Å². The second kappa shape index (κ2) is 8.95. The van der Waals surface area contributed by atoms with Crippen LogP contribution in [0.15, 0.2) is 54.6 Å². The van der Waals surface area contributed by atoms with Crippen LogP contribution in [-0.4, -0.2) is 30.5 Å². The van der Waals surface area contributed by atoms with Crippen LogP contribution in [0.3, 0.4) is 0 Å². The van der Waals surface area contributed by atoms with Gasteiger partial charge in [0.15, 0.2) is 0 Å². The van der Waals surface area contributed by atoms with Crippen LogP contribution in [0.5, 0.6) is 0 Å². The fourth-order valence-electron chi connectivity index (χ4n) is 3.22. The molecule has 132 valence electrons. The lowest BCUT2D eigenvalue weighted by molar-refractivity contribution is -0.122. The van der Waals surface area contributed by atoms with Crippen molar-refractivity contribution in [1.82, 2.24) is 5.32 Å². The van der Waals surface area contributed by atoms with Crippen molar-refractivity contribution in [1.29, 1.82) is 0 Å². The van der Waals surface area contributed by atoms with Gasteiger partial charge in [0.25, 0.3) is 0 Å². The van der Waals surface area contributed by atoms with Crippen LogP contribution in [0.1, 0.15) is 30.4 Å². The molecular weight excluding hydrogens is 328 g/mol. The van der Waals surface area contributed by atoms with Gasteiger partial charge in [-0.2, -0.15) is 11.8 Å². The molecule has 25 heavy (non-hydrogen) atoms. The van der Waals surface area contributed by atoms with Crippen molar-refractivity contribution < 1.29 is 4.79 Å². The molecule has 1 saturated heterocycles. The minimum absolute atomic E-state index is 0.0775. The minimum Gasteiger partial charge on any atom is -0.370 e. The summed E-state index contributed by atoms with van der Waals surface area (Å²) >= 11 is 2.02. The zero-order valence-corrected chi connectivity index (χ0v) is 15.6. The van der Waals surface area contributed by atoms with E-state index in [2.05, 4.69) is 41.4 Å². The monoisotopic (exact) mass is 354 g/mol. The van der Waals surface area contributed by atoms with Crippen LogP contribution in [0.4, 0.5) is 5.69 Å². The quantitative estimate of drug-likeness (QED) is 0.849. The summed E-state index contributed by atoms with van der Waals surface area (Å²) in [6.45, 7) is 4.88. The topological polar surface area (TPSA) is 32.3 Å². The number of amides is 1. The maximum absolute atomic E-state index is 12.5. The molecule has 2 aromatic carbocycles. The van der Waals surface area contributed by atoms with Crippen molar-refractivity contribution in [2.24, 2.45) is 0 Å². The molecular formula is C21H26N2OS. The maximum atomic E-state index is 12.5. The van der Waals surface area contributed by atoms with E-state index in [1.165, 1.54) is 17.2 Å². The lowest BCUT2D eigenvalue weighted by atomic mass is 9.95. The van der Waals surface area contributed by atoms with E-state index >= 15 is 0 Å². The Hall–Kier alpha value is -1.94. The normalized spacial score (nSPS) is 15.6. The largest absolute Gasteiger partial charge is 0.370 e. The highest BCUT2D eigenvalue weighted by atomic mass is 32.2. The lowest BCUT2D eigenvalue weighted by Crippen LogP contribution is -2.32. The van der Waals surface area contributed by atoms with Gasteiger partial charge in [-0.05, 0) is 29.7 Å². The molecule has 1 unspecified atom stereocenters. The van der Waals surface area contributed by atoms with Crippen molar-refractivity contribution in [3.05, 3.63) is 65.7 Å². The summed E-state index contributed by atoms with van der Waals surface area (Å²) in [5, 5.41) is 3.09. The molecule has 1 fully saturated rings. The number of benzene rings is 2. The Morgan fingerprint density at radius 3 is 2.40 bits per heavy atom. The fraction of sp³-hybridized carbons (Fsp3) is 0.381. The van der Waals surface area contributed by atoms with E-state index in [0.717, 1.165) is 30.6 Å². The Morgan fingerprint density at radius 1 is 1.08 bits per heavy atom. The Labute approximate surface area is 154 Å². The van der Waals surface area contributed by atoms with Gasteiger partial charge in [-0.25, -0.2) is 0 Å². The molecule has 2 aromatic rings. The third kappa shape index (κ3) is 4.79. The van der Waals surface area contributed by atoms with E-state index in [4.69, 9.17) is 0 Å². The lowest BCUT2D eigenvalue weighted by Gasteiger charge is -2.28. The highest BCUT2D eigenvalue weighted by Crippen LogP contribution is 2.21. The van der Waals surface area contributed by atoms with Crippen molar-refractivity contribution in [2.75, 3.05) is 29.5 Å². The van der Waals surface area contributed by atoms with Gasteiger partial charge in [-0.1, -0.05) is 49.4 Å². The molecule has 0 radical (unpaired) electrons. The molecule has 0 bridgehead atoms. The molecule has 0 aliphatic carbocycles. The number of anilines is 1. The number of rotatable bonds is 6. The van der Waals surface area contributed by atoms with Crippen LogP contribution in [0, 0.1) is 0 Å². The molecule has 1 aliphatic rings. The number of nitrogens with one attached hydrogen (secondary N) is 1. The smallest absolute Gasteiger partial charge is 0.227 e. The molecule has 3 rings (SSSR count). The summed E-state index contributed by atoms with van der Waals surface area (Å²) in [5.41, 5.74) is 3.51. The third-order valence-corrected chi connectivity index (χ3v) is 5.65. The van der Waals surface area contributed by atoms with E-state index in [9.17, 15) is 4.79 Å². The van der Waals surface area contributed by atoms with E-state index in [1.807, 2.05) is 42.1 Å². The van der Waals surface area contributed by atoms with E-state index < -0.39 is 0 Å². The van der Waals surface area contributed by atoms with E-state index in [-0.39, 0.29) is 11.8 Å². The SMILES string of the molecule is CCC(C(=O)NCc1ccc(N2CCSCC2)cc1)c1ccccc1. The summed E-state index contributed by atoms with van der Waals surface area (Å²) in [5.74, 6) is 2.43. The molecule has 1 heterocycles. The zero-order chi connectivity index (χ0) is 17.5. The number of hydrogen-bond acceptors (Lipinski definition) is 3. The molecule has 1 atom stereocenters. The summed E-state index contributed by atoms with van der Waals surface area (Å²) in [6, 6.07) is 18.6. The molecule has 3 nitrogen and oxygen atoms in total. The summed E-state index contributed by atoms with van der Waals surface area (Å²) in [4.78, 5) is 15.0. The fourth-order valence-corrected chi connectivity index (χ4v) is 4.12. The van der Waals surface area contributed by atoms with Crippen molar-refractivity contribution in [3.63, 3.8) is 0 Å². The predicted octanol–water partition coefficient (Wildman–Crippen LogP) is 4.05. The zero-order valence-electron chi connectivity index (χ0n) is 14.8. The van der Waals surface area contributed by atoms with Crippen molar-refractivity contribution >= 4 is 23.4 Å². The van der Waals surface area contributed by atoms with Crippen LogP contribution >= 0.6 is 11.8 Å². The standard InChI is InChI=1S/C21H26N2OS/c1-2-20(18-6-4-3-5-7-18)21(24)22-16-17-8-10-19(11-9-17)23-12-14-25-15-13-23/h3-11,20H,2,12-16H2,1H3,(H,22,24). The molecule has 0 saturated carbocycles. The van der Waals surface area contributed by atoms with Crippen molar-refractivity contribution in [3.8, 4) is 0 Å². The second-order valence-corrected chi connectivity index (χ2v) is 7.58. The van der Waals surface area contributed by atoms with Gasteiger partial charge in [-0.3, -0.25) is 4.79 Å². The Bertz CT molecular complexity index is 666. The van der Waals surface area contributed by atoms with Crippen LogP contribution in [0.2, 0.25) is 0 Å². The Kier molecular flexibility index (Phi) is 6.40. The van der Waals surface area contributed by atoms with Crippen molar-refractivity contribution in [2.45, 2.75) is 25.8 Å². The summed E-state index contributed by atoms with van der Waals surface area (Å²) in [6.07, 6.45) is 0.807. The number of nitrogens with zero attached hydrogens (tertiary/aromatic N) is 1. The number of carbonyl (C=O) groups is 1. The second-order valence-electron chi connectivity index (χ2n) is 6.36. The van der Waals surface area contributed by atoms with Gasteiger partial charge >= 0.3 is 0 Å². The van der Waals surface area contributed by atoms with Gasteiger partial charge in [0.1, 0.15) is 0 Å². The van der Waals surface area contributed by atoms with Crippen LogP contribution in [-0.2, 0) is 11.3 Å². The Balaban J connectivity index is 1.56. The van der Waals surface area contributed by atoms with Crippen LogP contribution < -0.4 is 10.2 Å². The number of thioether (sulfide) groups is 1. The first-order valence-corrected chi connectivity index (χ1v) is 10.2. The van der Waals surface area contributed by atoms with Gasteiger partial charge in [-0.15, -0.1) is 0 Å². The molecule has 1 aliphatic heterocycles. The number of carbonyl (C=O) groups excluding carboxylic acids is 1.